The Hall–Kier alpha value is -1.84. The third kappa shape index (κ3) is 1.08. The highest BCUT2D eigenvalue weighted by Gasteiger charge is 2.10. The van der Waals surface area contributed by atoms with Crippen molar-refractivity contribution in [3.05, 3.63) is 18.3 Å². The van der Waals surface area contributed by atoms with E-state index in [4.69, 9.17) is 15.2 Å². The smallest absolute Gasteiger partial charge is 0.143 e. The number of H-pyrrole nitrogens is 1. The van der Waals surface area contributed by atoms with Gasteiger partial charge in [0.15, 0.2) is 0 Å². The molecular formula is C10H12N2O2. The Bertz CT molecular complexity index is 462. The van der Waals surface area contributed by atoms with Gasteiger partial charge in [0.1, 0.15) is 11.5 Å². The summed E-state index contributed by atoms with van der Waals surface area (Å²) in [5.74, 6) is 1.51. The zero-order chi connectivity index (χ0) is 10.1. The Labute approximate surface area is 81.6 Å². The monoisotopic (exact) mass is 192 g/mol. The van der Waals surface area contributed by atoms with E-state index in [1.807, 2.05) is 12.1 Å². The Kier molecular flexibility index (Phi) is 1.96. The van der Waals surface area contributed by atoms with Crippen LogP contribution < -0.4 is 15.2 Å². The van der Waals surface area contributed by atoms with E-state index < -0.39 is 0 Å². The molecule has 3 N–H and O–H groups in total. The molecule has 74 valence electrons. The van der Waals surface area contributed by atoms with E-state index in [0.29, 0.717) is 5.69 Å². The topological polar surface area (TPSA) is 60.3 Å². The maximum atomic E-state index is 5.81. The lowest BCUT2D eigenvalue weighted by Crippen LogP contribution is -1.89. The number of rotatable bonds is 2. The first kappa shape index (κ1) is 8.74. The van der Waals surface area contributed by atoms with Crippen molar-refractivity contribution in [1.29, 1.82) is 0 Å². The van der Waals surface area contributed by atoms with Crippen LogP contribution in [-0.4, -0.2) is 19.2 Å². The predicted octanol–water partition coefficient (Wildman–Crippen LogP) is 1.77. The van der Waals surface area contributed by atoms with Crippen molar-refractivity contribution in [2.45, 2.75) is 0 Å². The lowest BCUT2D eigenvalue weighted by atomic mass is 10.2. The number of nitrogen functional groups attached to an aromatic ring is 1. The fourth-order valence-corrected chi connectivity index (χ4v) is 1.56. The molecule has 0 fully saturated rings. The molecule has 14 heavy (non-hydrogen) atoms. The fourth-order valence-electron chi connectivity index (χ4n) is 1.56. The van der Waals surface area contributed by atoms with Gasteiger partial charge in [0, 0.05) is 6.20 Å². The summed E-state index contributed by atoms with van der Waals surface area (Å²) in [6.45, 7) is 0. The van der Waals surface area contributed by atoms with E-state index in [9.17, 15) is 0 Å². The minimum Gasteiger partial charge on any atom is -0.496 e. The molecule has 2 aromatic rings. The number of aromatic nitrogens is 1. The maximum absolute atomic E-state index is 5.81. The van der Waals surface area contributed by atoms with Crippen LogP contribution in [-0.2, 0) is 0 Å². The van der Waals surface area contributed by atoms with Crippen LogP contribution in [0.2, 0.25) is 0 Å². The normalized spacial score (nSPS) is 10.4. The molecule has 2 rings (SSSR count). The molecule has 0 saturated heterocycles. The zero-order valence-corrected chi connectivity index (χ0v) is 8.13. The van der Waals surface area contributed by atoms with Gasteiger partial charge in [0.05, 0.1) is 30.8 Å². The summed E-state index contributed by atoms with van der Waals surface area (Å²) in [4.78, 5) is 3.05. The van der Waals surface area contributed by atoms with Crippen LogP contribution in [0.3, 0.4) is 0 Å². The van der Waals surface area contributed by atoms with Crippen LogP contribution in [0, 0.1) is 0 Å². The second kappa shape index (κ2) is 3.14. The maximum Gasteiger partial charge on any atom is 0.143 e. The number of nitrogens with one attached hydrogen (secondary N) is 1. The molecule has 0 aliphatic heterocycles. The van der Waals surface area contributed by atoms with E-state index >= 15 is 0 Å². The Morgan fingerprint density at radius 2 is 1.79 bits per heavy atom. The van der Waals surface area contributed by atoms with Crippen molar-refractivity contribution in [2.24, 2.45) is 0 Å². The van der Waals surface area contributed by atoms with Crippen LogP contribution in [0.15, 0.2) is 18.3 Å². The Balaban J connectivity index is 2.81. The summed E-state index contributed by atoms with van der Waals surface area (Å²) < 4.78 is 10.4. The zero-order valence-electron chi connectivity index (χ0n) is 8.13. The first-order chi connectivity index (χ1) is 6.77. The summed E-state index contributed by atoms with van der Waals surface area (Å²) in [5.41, 5.74) is 7.34. The standard InChI is InChI=1S/C10H12N2O2/c1-13-7-3-4-8(14-2)10-9(7)6(11)5-12-10/h3-5,12H,11H2,1-2H3. The molecular weight excluding hydrogens is 180 g/mol. The van der Waals surface area contributed by atoms with Gasteiger partial charge in [-0.25, -0.2) is 0 Å². The van der Waals surface area contributed by atoms with Crippen LogP contribution in [0.4, 0.5) is 5.69 Å². The molecule has 1 aromatic carbocycles. The molecule has 0 amide bonds. The van der Waals surface area contributed by atoms with E-state index in [1.165, 1.54) is 0 Å². The second-order valence-electron chi connectivity index (χ2n) is 2.96. The van der Waals surface area contributed by atoms with Crippen molar-refractivity contribution in [3.8, 4) is 11.5 Å². The van der Waals surface area contributed by atoms with Gasteiger partial charge < -0.3 is 20.2 Å². The largest absolute Gasteiger partial charge is 0.496 e. The van der Waals surface area contributed by atoms with Crippen LogP contribution in [0.25, 0.3) is 10.9 Å². The van der Waals surface area contributed by atoms with Gasteiger partial charge in [-0.3, -0.25) is 0 Å². The van der Waals surface area contributed by atoms with E-state index in [-0.39, 0.29) is 0 Å². The number of hydrogen-bond acceptors (Lipinski definition) is 3. The number of nitrogens with two attached hydrogens (primary N) is 1. The number of ether oxygens (including phenoxy) is 2. The van der Waals surface area contributed by atoms with Gasteiger partial charge in [-0.15, -0.1) is 0 Å². The van der Waals surface area contributed by atoms with Crippen LogP contribution in [0.1, 0.15) is 0 Å². The van der Waals surface area contributed by atoms with E-state index in [2.05, 4.69) is 4.98 Å². The van der Waals surface area contributed by atoms with Gasteiger partial charge in [0.25, 0.3) is 0 Å². The summed E-state index contributed by atoms with van der Waals surface area (Å²) in [5, 5.41) is 0.867. The van der Waals surface area contributed by atoms with Gasteiger partial charge in [0.2, 0.25) is 0 Å². The van der Waals surface area contributed by atoms with Crippen molar-refractivity contribution in [2.75, 3.05) is 20.0 Å². The molecule has 1 aromatic heterocycles. The third-order valence-corrected chi connectivity index (χ3v) is 2.23. The molecule has 0 aliphatic rings. The molecule has 0 aliphatic carbocycles. The van der Waals surface area contributed by atoms with E-state index in [0.717, 1.165) is 22.4 Å². The van der Waals surface area contributed by atoms with Gasteiger partial charge in [-0.2, -0.15) is 0 Å². The molecule has 4 nitrogen and oxygen atoms in total. The van der Waals surface area contributed by atoms with Crippen LogP contribution in [0.5, 0.6) is 11.5 Å². The quantitative estimate of drug-likeness (QED) is 0.762. The number of benzene rings is 1. The minimum atomic E-state index is 0.663. The molecule has 0 saturated carbocycles. The van der Waals surface area contributed by atoms with Crippen molar-refractivity contribution >= 4 is 16.6 Å². The molecule has 4 heteroatoms. The van der Waals surface area contributed by atoms with Gasteiger partial charge in [-0.1, -0.05) is 0 Å². The minimum absolute atomic E-state index is 0.663. The lowest BCUT2D eigenvalue weighted by Gasteiger charge is -2.06. The summed E-state index contributed by atoms with van der Waals surface area (Å²) >= 11 is 0. The Morgan fingerprint density at radius 3 is 2.43 bits per heavy atom. The summed E-state index contributed by atoms with van der Waals surface area (Å²) in [6.07, 6.45) is 1.73. The molecule has 0 spiro atoms. The second-order valence-corrected chi connectivity index (χ2v) is 2.96. The van der Waals surface area contributed by atoms with Crippen molar-refractivity contribution < 1.29 is 9.47 Å². The molecule has 0 bridgehead atoms. The first-order valence-electron chi connectivity index (χ1n) is 4.25. The number of hydrogen-bond donors (Lipinski definition) is 2. The first-order valence-corrected chi connectivity index (χ1v) is 4.25. The number of fused-ring (bicyclic) bond motifs is 1. The van der Waals surface area contributed by atoms with E-state index in [1.54, 1.807) is 20.4 Å². The molecule has 0 unspecified atom stereocenters. The highest BCUT2D eigenvalue weighted by Crippen LogP contribution is 2.35. The van der Waals surface area contributed by atoms with Gasteiger partial charge in [-0.05, 0) is 12.1 Å². The highest BCUT2D eigenvalue weighted by molar-refractivity contribution is 5.99. The molecule has 0 radical (unpaired) electrons. The SMILES string of the molecule is COc1ccc(OC)c2c(N)c[nH]c12. The average Bonchev–Trinajstić information content (AvgIpc) is 2.60. The number of methoxy groups -OCH3 is 2. The average molecular weight is 192 g/mol. The third-order valence-electron chi connectivity index (χ3n) is 2.23. The lowest BCUT2D eigenvalue weighted by molar-refractivity contribution is 0.410. The fraction of sp³-hybridized carbons (Fsp3) is 0.200. The molecule has 1 heterocycles. The number of aromatic amines is 1. The molecule has 0 atom stereocenters. The van der Waals surface area contributed by atoms with Crippen molar-refractivity contribution in [3.63, 3.8) is 0 Å². The highest BCUT2D eigenvalue weighted by atomic mass is 16.5. The van der Waals surface area contributed by atoms with Crippen LogP contribution >= 0.6 is 0 Å². The summed E-state index contributed by atoms with van der Waals surface area (Å²) in [7, 11) is 3.24. The van der Waals surface area contributed by atoms with Crippen molar-refractivity contribution in [1.82, 2.24) is 4.98 Å². The van der Waals surface area contributed by atoms with Gasteiger partial charge >= 0.3 is 0 Å². The summed E-state index contributed by atoms with van der Waals surface area (Å²) in [6, 6.07) is 3.68. The number of anilines is 1. The Morgan fingerprint density at radius 1 is 1.14 bits per heavy atom. The predicted molar refractivity (Wildman–Crippen MR) is 55.8 cm³/mol.